The monoisotopic (exact) mass is 622 g/mol. The standard InChI is InChI=1S/C27H31IN2O7/c1-16(2)27(34)30(14-17-7-8-22-23(11-17)36-15-35-22)20-12-18(26(33)29-9-10-31)13-24(25(20)32)37-21-6-4-3-5-19(21)28/h3-8,11,13,16,20,24-25,31-32H,9-10,12,14-15H2,1-2H3,(H,29,33). The first-order chi connectivity index (χ1) is 17.8. The van der Waals surface area contributed by atoms with Gasteiger partial charge in [0.2, 0.25) is 18.6 Å². The van der Waals surface area contributed by atoms with Crippen LogP contribution in [0.5, 0.6) is 17.2 Å². The van der Waals surface area contributed by atoms with Crippen molar-refractivity contribution < 1.29 is 34.0 Å². The number of ether oxygens (including phenoxy) is 3. The summed E-state index contributed by atoms with van der Waals surface area (Å²) in [4.78, 5) is 28.0. The highest BCUT2D eigenvalue weighted by molar-refractivity contribution is 14.1. The first-order valence-corrected chi connectivity index (χ1v) is 13.2. The number of nitrogens with zero attached hydrogens (tertiary/aromatic N) is 1. The van der Waals surface area contributed by atoms with Crippen molar-refractivity contribution in [3.8, 4) is 17.2 Å². The Morgan fingerprint density at radius 1 is 1.19 bits per heavy atom. The first kappa shape index (κ1) is 27.2. The van der Waals surface area contributed by atoms with Gasteiger partial charge in [0.05, 0.1) is 16.2 Å². The van der Waals surface area contributed by atoms with E-state index in [9.17, 15) is 14.7 Å². The second-order valence-electron chi connectivity index (χ2n) is 9.25. The Morgan fingerprint density at radius 3 is 2.68 bits per heavy atom. The van der Waals surface area contributed by atoms with E-state index >= 15 is 0 Å². The average Bonchev–Trinajstić information content (AvgIpc) is 3.36. The summed E-state index contributed by atoms with van der Waals surface area (Å²) in [7, 11) is 0. The quantitative estimate of drug-likeness (QED) is 0.369. The third kappa shape index (κ3) is 6.36. The van der Waals surface area contributed by atoms with Gasteiger partial charge in [0.15, 0.2) is 11.5 Å². The minimum Gasteiger partial charge on any atom is -0.482 e. The molecule has 0 bridgehead atoms. The van der Waals surface area contributed by atoms with Crippen LogP contribution in [0, 0.1) is 9.49 Å². The van der Waals surface area contributed by atoms with Crippen molar-refractivity contribution in [1.82, 2.24) is 10.2 Å². The van der Waals surface area contributed by atoms with Crippen LogP contribution in [0.15, 0.2) is 54.1 Å². The fourth-order valence-corrected chi connectivity index (χ4v) is 4.91. The molecule has 4 rings (SSSR count). The largest absolute Gasteiger partial charge is 0.482 e. The lowest BCUT2D eigenvalue weighted by atomic mass is 9.87. The van der Waals surface area contributed by atoms with Crippen molar-refractivity contribution >= 4 is 34.4 Å². The molecule has 2 aromatic rings. The number of fused-ring (bicyclic) bond motifs is 1. The molecule has 9 nitrogen and oxygen atoms in total. The Balaban J connectivity index is 1.67. The molecular weight excluding hydrogens is 591 g/mol. The maximum absolute atomic E-state index is 13.5. The molecule has 37 heavy (non-hydrogen) atoms. The summed E-state index contributed by atoms with van der Waals surface area (Å²) < 4.78 is 17.9. The molecular formula is C27H31IN2O7. The van der Waals surface area contributed by atoms with Gasteiger partial charge in [-0.25, -0.2) is 0 Å². The smallest absolute Gasteiger partial charge is 0.247 e. The number of amides is 2. The Morgan fingerprint density at radius 2 is 1.95 bits per heavy atom. The van der Waals surface area contributed by atoms with Crippen molar-refractivity contribution in [2.24, 2.45) is 5.92 Å². The van der Waals surface area contributed by atoms with Gasteiger partial charge >= 0.3 is 0 Å². The fraction of sp³-hybridized carbons (Fsp3) is 0.407. The molecule has 198 valence electrons. The van der Waals surface area contributed by atoms with Gasteiger partial charge in [-0.1, -0.05) is 32.0 Å². The van der Waals surface area contributed by atoms with Gasteiger partial charge in [0, 0.05) is 31.0 Å². The summed E-state index contributed by atoms with van der Waals surface area (Å²) in [5.41, 5.74) is 1.19. The van der Waals surface area contributed by atoms with E-state index in [1.807, 2.05) is 30.3 Å². The van der Waals surface area contributed by atoms with Crippen LogP contribution in [0.1, 0.15) is 25.8 Å². The van der Waals surface area contributed by atoms with Crippen molar-refractivity contribution in [2.45, 2.75) is 45.1 Å². The number of benzene rings is 2. The Labute approximate surface area is 229 Å². The molecule has 1 aliphatic carbocycles. The Hall–Kier alpha value is -2.83. The molecule has 2 aromatic carbocycles. The van der Waals surface area contributed by atoms with Crippen molar-refractivity contribution in [3.05, 3.63) is 63.2 Å². The predicted molar refractivity (Wildman–Crippen MR) is 144 cm³/mol. The van der Waals surface area contributed by atoms with Crippen LogP contribution >= 0.6 is 22.6 Å². The zero-order valence-corrected chi connectivity index (χ0v) is 22.9. The number of halogens is 1. The SMILES string of the molecule is CC(C)C(=O)N(Cc1ccc2c(c1)OCO2)C1CC(C(=O)NCCO)=CC(Oc2ccccc2I)C1O. The minimum atomic E-state index is -1.10. The van der Waals surface area contributed by atoms with E-state index < -0.39 is 18.2 Å². The molecule has 2 aliphatic rings. The van der Waals surface area contributed by atoms with Crippen LogP contribution < -0.4 is 19.5 Å². The van der Waals surface area contributed by atoms with Crippen LogP contribution in [0.4, 0.5) is 0 Å². The van der Waals surface area contributed by atoms with E-state index in [2.05, 4.69) is 27.9 Å². The van der Waals surface area contributed by atoms with Gasteiger partial charge in [0.1, 0.15) is 18.0 Å². The lowest BCUT2D eigenvalue weighted by molar-refractivity contribution is -0.142. The molecule has 0 saturated carbocycles. The highest BCUT2D eigenvalue weighted by Crippen LogP contribution is 2.35. The van der Waals surface area contributed by atoms with E-state index in [0.29, 0.717) is 22.8 Å². The second kappa shape index (κ2) is 12.1. The molecule has 0 saturated heterocycles. The number of hydrogen-bond acceptors (Lipinski definition) is 7. The molecule has 0 aromatic heterocycles. The molecule has 3 unspecified atom stereocenters. The number of carbonyl (C=O) groups is 2. The Kier molecular flexibility index (Phi) is 8.93. The molecule has 1 heterocycles. The second-order valence-corrected chi connectivity index (χ2v) is 10.4. The fourth-order valence-electron chi connectivity index (χ4n) is 4.39. The van der Waals surface area contributed by atoms with Crippen LogP contribution in [-0.2, 0) is 16.1 Å². The number of carbonyl (C=O) groups excluding carboxylic acids is 2. The summed E-state index contributed by atoms with van der Waals surface area (Å²) in [6.07, 6.45) is -0.228. The number of rotatable bonds is 9. The lowest BCUT2D eigenvalue weighted by Crippen LogP contribution is -2.55. The molecule has 2 amide bonds. The third-order valence-corrected chi connectivity index (χ3v) is 7.17. The van der Waals surface area contributed by atoms with Gasteiger partial charge in [-0.2, -0.15) is 0 Å². The van der Waals surface area contributed by atoms with Gasteiger partial charge in [0.25, 0.3) is 0 Å². The number of nitrogens with one attached hydrogen (secondary N) is 1. The van der Waals surface area contributed by atoms with Gasteiger partial charge in [-0.15, -0.1) is 0 Å². The van der Waals surface area contributed by atoms with E-state index in [1.165, 1.54) is 0 Å². The predicted octanol–water partition coefficient (Wildman–Crippen LogP) is 2.62. The van der Waals surface area contributed by atoms with Crippen LogP contribution in [0.3, 0.4) is 0 Å². The number of aliphatic hydroxyl groups excluding tert-OH is 2. The number of para-hydroxylation sites is 1. The summed E-state index contributed by atoms with van der Waals surface area (Å²) in [6.45, 7) is 3.84. The Bertz CT molecular complexity index is 1170. The summed E-state index contributed by atoms with van der Waals surface area (Å²) in [5, 5.41) is 23.3. The molecule has 0 radical (unpaired) electrons. The zero-order valence-electron chi connectivity index (χ0n) is 20.7. The third-order valence-electron chi connectivity index (χ3n) is 6.28. The number of aliphatic hydroxyl groups is 2. The van der Waals surface area contributed by atoms with Crippen molar-refractivity contribution in [2.75, 3.05) is 19.9 Å². The normalized spacial score (nSPS) is 20.4. The van der Waals surface area contributed by atoms with Crippen LogP contribution in [0.2, 0.25) is 0 Å². The maximum Gasteiger partial charge on any atom is 0.247 e. The topological polar surface area (TPSA) is 118 Å². The van der Waals surface area contributed by atoms with Gasteiger partial charge in [-0.3, -0.25) is 9.59 Å². The first-order valence-electron chi connectivity index (χ1n) is 12.2. The lowest BCUT2D eigenvalue weighted by Gasteiger charge is -2.41. The summed E-state index contributed by atoms with van der Waals surface area (Å²) in [5.74, 6) is 0.932. The molecule has 10 heteroatoms. The minimum absolute atomic E-state index is 0.0946. The van der Waals surface area contributed by atoms with E-state index in [-0.39, 0.29) is 50.6 Å². The van der Waals surface area contributed by atoms with E-state index in [4.69, 9.17) is 19.3 Å². The van der Waals surface area contributed by atoms with Crippen LogP contribution in [-0.4, -0.2) is 65.1 Å². The van der Waals surface area contributed by atoms with Gasteiger partial charge < -0.3 is 34.6 Å². The average molecular weight is 622 g/mol. The molecule has 1 aliphatic heterocycles. The van der Waals surface area contributed by atoms with Crippen molar-refractivity contribution in [1.29, 1.82) is 0 Å². The summed E-state index contributed by atoms with van der Waals surface area (Å²) in [6, 6.07) is 12.1. The number of hydrogen-bond donors (Lipinski definition) is 3. The zero-order chi connectivity index (χ0) is 26.5. The van der Waals surface area contributed by atoms with E-state index in [0.717, 1.165) is 9.13 Å². The highest BCUT2D eigenvalue weighted by atomic mass is 127. The molecule has 3 N–H and O–H groups in total. The summed E-state index contributed by atoms with van der Waals surface area (Å²) >= 11 is 2.15. The molecule has 0 fully saturated rings. The highest BCUT2D eigenvalue weighted by Gasteiger charge is 2.41. The van der Waals surface area contributed by atoms with Crippen LogP contribution in [0.25, 0.3) is 0 Å². The maximum atomic E-state index is 13.5. The molecule has 0 spiro atoms. The van der Waals surface area contributed by atoms with Gasteiger partial charge in [-0.05, 0) is 58.5 Å². The van der Waals surface area contributed by atoms with E-state index in [1.54, 1.807) is 37.0 Å². The molecule has 3 atom stereocenters. The van der Waals surface area contributed by atoms with Crippen molar-refractivity contribution in [3.63, 3.8) is 0 Å².